The smallest absolute Gasteiger partial charge is 0.339 e. The van der Waals surface area contributed by atoms with Gasteiger partial charge in [0.2, 0.25) is 0 Å². The molecule has 2 heterocycles. The van der Waals surface area contributed by atoms with Crippen molar-refractivity contribution in [1.82, 2.24) is 0 Å². The van der Waals surface area contributed by atoms with E-state index < -0.39 is 44.5 Å². The molecule has 4 rings (SSSR count). The fourth-order valence-corrected chi connectivity index (χ4v) is 10.1. The third-order valence-corrected chi connectivity index (χ3v) is 12.1. The molecule has 0 aromatic heterocycles. The summed E-state index contributed by atoms with van der Waals surface area (Å²) < 4.78 is 36.0. The van der Waals surface area contributed by atoms with E-state index >= 15 is 0 Å². The minimum absolute atomic E-state index is 0.0544. The SMILES string of the molecule is COCOC(=O)/C(=C\C#N)[C@@H]1O[C@H](CO[Si](c2ccccc2)(c2ccccc2)C(C)(C)C)[C@H]2OC(C)(C)O[C@H]21. The summed E-state index contributed by atoms with van der Waals surface area (Å²) >= 11 is 0. The summed E-state index contributed by atoms with van der Waals surface area (Å²) in [7, 11) is -1.44. The molecular weight excluding hydrogens is 514 g/mol. The Morgan fingerprint density at radius 2 is 1.59 bits per heavy atom. The molecule has 8 nitrogen and oxygen atoms in total. The van der Waals surface area contributed by atoms with Crippen LogP contribution in [0.2, 0.25) is 5.04 Å². The van der Waals surface area contributed by atoms with Crippen LogP contribution in [-0.2, 0) is 32.9 Å². The summed E-state index contributed by atoms with van der Waals surface area (Å²) in [6.45, 7) is 10.2. The minimum atomic E-state index is -2.85. The first-order valence-corrected chi connectivity index (χ1v) is 15.0. The van der Waals surface area contributed by atoms with E-state index in [1.165, 1.54) is 7.11 Å². The van der Waals surface area contributed by atoms with Crippen molar-refractivity contribution in [3.05, 3.63) is 72.3 Å². The van der Waals surface area contributed by atoms with Gasteiger partial charge in [-0.2, -0.15) is 5.26 Å². The third-order valence-electron chi connectivity index (χ3n) is 7.10. The summed E-state index contributed by atoms with van der Waals surface area (Å²) in [6.07, 6.45) is -1.42. The van der Waals surface area contributed by atoms with Crippen molar-refractivity contribution in [2.45, 2.75) is 69.9 Å². The lowest BCUT2D eigenvalue weighted by Gasteiger charge is -2.43. The second kappa shape index (κ2) is 11.7. The van der Waals surface area contributed by atoms with Gasteiger partial charge >= 0.3 is 5.97 Å². The van der Waals surface area contributed by atoms with Gasteiger partial charge in [-0.15, -0.1) is 0 Å². The molecule has 2 saturated heterocycles. The first-order chi connectivity index (χ1) is 18.5. The molecular formula is C30H37NO7Si. The molecule has 39 heavy (non-hydrogen) atoms. The van der Waals surface area contributed by atoms with Crippen LogP contribution in [-0.4, -0.2) is 65.0 Å². The van der Waals surface area contributed by atoms with E-state index in [0.717, 1.165) is 16.4 Å². The highest BCUT2D eigenvalue weighted by molar-refractivity contribution is 6.99. The van der Waals surface area contributed by atoms with E-state index in [4.69, 9.17) is 28.1 Å². The van der Waals surface area contributed by atoms with Gasteiger partial charge < -0.3 is 28.1 Å². The molecule has 0 unspecified atom stereocenters. The van der Waals surface area contributed by atoms with E-state index in [1.807, 2.05) is 56.3 Å². The van der Waals surface area contributed by atoms with Gasteiger partial charge in [-0.1, -0.05) is 81.4 Å². The summed E-state index contributed by atoms with van der Waals surface area (Å²) in [6, 6.07) is 22.6. The first-order valence-electron chi connectivity index (χ1n) is 13.1. The minimum Gasteiger partial charge on any atom is -0.435 e. The van der Waals surface area contributed by atoms with Crippen LogP contribution in [0.4, 0.5) is 0 Å². The quantitative estimate of drug-likeness (QED) is 0.154. The molecule has 0 bridgehead atoms. The van der Waals surface area contributed by atoms with Crippen LogP contribution in [0.15, 0.2) is 72.3 Å². The van der Waals surface area contributed by atoms with Crippen LogP contribution in [0, 0.1) is 11.3 Å². The van der Waals surface area contributed by atoms with Crippen molar-refractivity contribution in [3.8, 4) is 6.07 Å². The molecule has 2 fully saturated rings. The highest BCUT2D eigenvalue weighted by Crippen LogP contribution is 2.43. The van der Waals surface area contributed by atoms with Crippen LogP contribution >= 0.6 is 0 Å². The number of nitriles is 1. The second-order valence-corrected chi connectivity index (χ2v) is 15.5. The maximum absolute atomic E-state index is 12.8. The number of ether oxygens (including phenoxy) is 5. The van der Waals surface area contributed by atoms with Crippen LogP contribution in [0.25, 0.3) is 0 Å². The third kappa shape index (κ3) is 5.87. The van der Waals surface area contributed by atoms with Crippen molar-refractivity contribution in [1.29, 1.82) is 5.26 Å². The molecule has 2 aromatic carbocycles. The predicted octanol–water partition coefficient (Wildman–Crippen LogP) is 3.45. The lowest BCUT2D eigenvalue weighted by Crippen LogP contribution is -2.67. The average molecular weight is 552 g/mol. The molecule has 9 heteroatoms. The van der Waals surface area contributed by atoms with Crippen molar-refractivity contribution in [2.24, 2.45) is 0 Å². The van der Waals surface area contributed by atoms with Gasteiger partial charge in [0, 0.05) is 13.2 Å². The Morgan fingerprint density at radius 1 is 1.03 bits per heavy atom. The maximum Gasteiger partial charge on any atom is 0.339 e. The molecule has 2 aliphatic heterocycles. The number of hydrogen-bond acceptors (Lipinski definition) is 8. The average Bonchev–Trinajstić information content (AvgIpc) is 3.39. The zero-order valence-corrected chi connectivity index (χ0v) is 24.4. The van der Waals surface area contributed by atoms with Crippen molar-refractivity contribution in [2.75, 3.05) is 20.5 Å². The van der Waals surface area contributed by atoms with Gasteiger partial charge in [-0.3, -0.25) is 0 Å². The maximum atomic E-state index is 12.8. The van der Waals surface area contributed by atoms with Gasteiger partial charge in [0.1, 0.15) is 24.4 Å². The molecule has 0 aliphatic carbocycles. The molecule has 0 amide bonds. The van der Waals surface area contributed by atoms with E-state index in [2.05, 4.69) is 45.0 Å². The van der Waals surface area contributed by atoms with Crippen molar-refractivity contribution < 1.29 is 32.9 Å². The second-order valence-electron chi connectivity index (χ2n) is 11.2. The van der Waals surface area contributed by atoms with Gasteiger partial charge in [0.05, 0.1) is 18.2 Å². The fraction of sp³-hybridized carbons (Fsp3) is 0.467. The van der Waals surface area contributed by atoms with Gasteiger partial charge in [0.15, 0.2) is 12.6 Å². The monoisotopic (exact) mass is 551 g/mol. The lowest BCUT2D eigenvalue weighted by molar-refractivity contribution is -0.187. The summed E-state index contributed by atoms with van der Waals surface area (Å²) in [5.74, 6) is -1.61. The number of methoxy groups -OCH3 is 1. The number of esters is 1. The number of nitrogens with zero attached hydrogens (tertiary/aromatic N) is 1. The van der Waals surface area contributed by atoms with E-state index in [0.29, 0.717) is 0 Å². The molecule has 2 aliphatic rings. The number of benzene rings is 2. The molecule has 0 radical (unpaired) electrons. The van der Waals surface area contributed by atoms with Crippen molar-refractivity contribution >= 4 is 24.7 Å². The fourth-order valence-electron chi connectivity index (χ4n) is 5.56. The number of fused-ring (bicyclic) bond motifs is 1. The summed E-state index contributed by atoms with van der Waals surface area (Å²) in [5.41, 5.74) is 0.0544. The van der Waals surface area contributed by atoms with Gasteiger partial charge in [0.25, 0.3) is 8.32 Å². The molecule has 0 spiro atoms. The van der Waals surface area contributed by atoms with Crippen LogP contribution in [0.5, 0.6) is 0 Å². The summed E-state index contributed by atoms with van der Waals surface area (Å²) in [4.78, 5) is 12.8. The lowest BCUT2D eigenvalue weighted by atomic mass is 10.0. The van der Waals surface area contributed by atoms with Gasteiger partial charge in [-0.25, -0.2) is 4.79 Å². The molecule has 2 aromatic rings. The Balaban J connectivity index is 1.70. The number of allylic oxidation sites excluding steroid dienone is 1. The highest BCUT2D eigenvalue weighted by Gasteiger charge is 2.58. The van der Waals surface area contributed by atoms with Crippen LogP contribution in [0.3, 0.4) is 0 Å². The number of carbonyl (C=O) groups is 1. The zero-order valence-electron chi connectivity index (χ0n) is 23.4. The Morgan fingerprint density at radius 3 is 2.10 bits per heavy atom. The zero-order chi connectivity index (χ0) is 28.3. The number of hydrogen-bond donors (Lipinski definition) is 0. The number of carbonyl (C=O) groups excluding carboxylic acids is 1. The van der Waals surface area contributed by atoms with E-state index in [9.17, 15) is 10.1 Å². The summed E-state index contributed by atoms with van der Waals surface area (Å²) in [5, 5.41) is 11.5. The normalized spacial score (nSPS) is 24.7. The standard InChI is InChI=1S/C30H37NO7Si/c1-29(2,3)39(21-13-9-7-10-14-21,22-15-11-8-12-16-22)35-19-24-26-27(38-30(4,5)37-26)25(36-24)23(17-18-31)28(32)34-20-33-6/h7-17,24-27H,19-20H2,1-6H3/b23-17-/t24-,25+,26-,27+/m1/s1. The van der Waals surface area contributed by atoms with E-state index in [-0.39, 0.29) is 24.0 Å². The predicted molar refractivity (Wildman–Crippen MR) is 148 cm³/mol. The Hall–Kier alpha value is -2.84. The Labute approximate surface area is 231 Å². The molecule has 208 valence electrons. The molecule has 4 atom stereocenters. The topological polar surface area (TPSA) is 96.2 Å². The Bertz CT molecular complexity index is 1160. The molecule has 0 saturated carbocycles. The van der Waals surface area contributed by atoms with Crippen LogP contribution < -0.4 is 10.4 Å². The van der Waals surface area contributed by atoms with Gasteiger partial charge in [-0.05, 0) is 29.3 Å². The molecule has 0 N–H and O–H groups in total. The van der Waals surface area contributed by atoms with Crippen LogP contribution in [0.1, 0.15) is 34.6 Å². The highest BCUT2D eigenvalue weighted by atomic mass is 28.4. The Kier molecular flexibility index (Phi) is 8.76. The largest absolute Gasteiger partial charge is 0.435 e. The van der Waals surface area contributed by atoms with E-state index in [1.54, 1.807) is 0 Å². The number of rotatable bonds is 9. The van der Waals surface area contributed by atoms with Crippen molar-refractivity contribution in [3.63, 3.8) is 0 Å². The first kappa shape index (κ1) is 29.1.